The van der Waals surface area contributed by atoms with E-state index in [9.17, 15) is 0 Å². The van der Waals surface area contributed by atoms with Gasteiger partial charge in [-0.3, -0.25) is 0 Å². The van der Waals surface area contributed by atoms with Crippen molar-refractivity contribution < 1.29 is 0 Å². The maximum absolute atomic E-state index is 3.53. The van der Waals surface area contributed by atoms with Crippen LogP contribution in [0.3, 0.4) is 0 Å². The van der Waals surface area contributed by atoms with Crippen LogP contribution in [0.5, 0.6) is 0 Å². The van der Waals surface area contributed by atoms with Crippen LogP contribution in [0.15, 0.2) is 18.2 Å². The van der Waals surface area contributed by atoms with Gasteiger partial charge in [-0.1, -0.05) is 49.4 Å². The van der Waals surface area contributed by atoms with E-state index in [0.717, 1.165) is 12.6 Å². The number of likely N-dealkylation sites (N-methyl/N-ethyl adjacent to an activating group) is 2. The quantitative estimate of drug-likeness (QED) is 0.816. The Balaban J connectivity index is 2.05. The Labute approximate surface area is 130 Å². The first-order valence-corrected chi connectivity index (χ1v) is 8.56. The molecule has 0 amide bonds. The lowest BCUT2D eigenvalue weighted by Crippen LogP contribution is -2.38. The van der Waals surface area contributed by atoms with Crippen molar-refractivity contribution in [3.63, 3.8) is 0 Å². The van der Waals surface area contributed by atoms with Gasteiger partial charge >= 0.3 is 0 Å². The fraction of sp³-hybridized carbons (Fsp3) is 0.684. The standard InChI is InChI=1S/C19H32N2/c1-15-11-12-16(2)18(13-15)19(20-3)14-21(4)17-9-7-5-6-8-10-17/h11-13,17,19-20H,5-10,14H2,1-4H3. The van der Waals surface area contributed by atoms with E-state index in [0.29, 0.717) is 6.04 Å². The van der Waals surface area contributed by atoms with E-state index in [1.807, 2.05) is 0 Å². The fourth-order valence-electron chi connectivity index (χ4n) is 3.62. The summed E-state index contributed by atoms with van der Waals surface area (Å²) in [6, 6.07) is 8.00. The van der Waals surface area contributed by atoms with Gasteiger partial charge in [-0.15, -0.1) is 0 Å². The van der Waals surface area contributed by atoms with Crippen molar-refractivity contribution in [3.8, 4) is 0 Å². The van der Waals surface area contributed by atoms with Crippen LogP contribution >= 0.6 is 0 Å². The van der Waals surface area contributed by atoms with Crippen LogP contribution in [0, 0.1) is 13.8 Å². The van der Waals surface area contributed by atoms with E-state index in [2.05, 4.69) is 56.4 Å². The summed E-state index contributed by atoms with van der Waals surface area (Å²) in [4.78, 5) is 2.59. The number of hydrogen-bond donors (Lipinski definition) is 1. The van der Waals surface area contributed by atoms with Gasteiger partial charge in [0.15, 0.2) is 0 Å². The fourth-order valence-corrected chi connectivity index (χ4v) is 3.62. The molecule has 0 radical (unpaired) electrons. The van der Waals surface area contributed by atoms with Crippen molar-refractivity contribution in [2.75, 3.05) is 20.6 Å². The van der Waals surface area contributed by atoms with Crippen LogP contribution in [-0.4, -0.2) is 31.6 Å². The SMILES string of the molecule is CNC(CN(C)C1CCCCCC1)c1cc(C)ccc1C. The lowest BCUT2D eigenvalue weighted by atomic mass is 9.97. The summed E-state index contributed by atoms with van der Waals surface area (Å²) in [7, 11) is 4.40. The second kappa shape index (κ2) is 7.95. The smallest absolute Gasteiger partial charge is 0.0449 e. The zero-order chi connectivity index (χ0) is 15.2. The number of aryl methyl sites for hydroxylation is 2. The van der Waals surface area contributed by atoms with Gasteiger partial charge in [0.2, 0.25) is 0 Å². The summed E-state index contributed by atoms with van der Waals surface area (Å²) in [5, 5.41) is 3.53. The van der Waals surface area contributed by atoms with Crippen LogP contribution in [0.4, 0.5) is 0 Å². The van der Waals surface area contributed by atoms with Gasteiger partial charge in [-0.05, 0) is 51.9 Å². The van der Waals surface area contributed by atoms with Crippen molar-refractivity contribution in [3.05, 3.63) is 34.9 Å². The first-order valence-electron chi connectivity index (χ1n) is 8.56. The summed E-state index contributed by atoms with van der Waals surface area (Å²) in [5.74, 6) is 0. The van der Waals surface area contributed by atoms with Gasteiger partial charge in [0.05, 0.1) is 0 Å². The van der Waals surface area contributed by atoms with Gasteiger partial charge in [0, 0.05) is 18.6 Å². The molecule has 1 N–H and O–H groups in total. The maximum Gasteiger partial charge on any atom is 0.0449 e. The van der Waals surface area contributed by atoms with Crippen molar-refractivity contribution >= 4 is 0 Å². The molecule has 0 aromatic heterocycles. The Bertz CT molecular complexity index is 433. The van der Waals surface area contributed by atoms with Crippen molar-refractivity contribution in [1.82, 2.24) is 10.2 Å². The third-order valence-corrected chi connectivity index (χ3v) is 5.08. The molecule has 0 saturated heterocycles. The Kier molecular flexibility index (Phi) is 6.25. The number of nitrogens with one attached hydrogen (secondary N) is 1. The topological polar surface area (TPSA) is 15.3 Å². The van der Waals surface area contributed by atoms with E-state index < -0.39 is 0 Å². The lowest BCUT2D eigenvalue weighted by molar-refractivity contribution is 0.201. The second-order valence-corrected chi connectivity index (χ2v) is 6.79. The predicted octanol–water partition coefficient (Wildman–Crippen LogP) is 4.22. The van der Waals surface area contributed by atoms with E-state index in [1.165, 1.54) is 55.2 Å². The third-order valence-electron chi connectivity index (χ3n) is 5.08. The number of benzene rings is 1. The highest BCUT2D eigenvalue weighted by Gasteiger charge is 2.21. The molecule has 1 aromatic carbocycles. The minimum Gasteiger partial charge on any atom is -0.312 e. The lowest BCUT2D eigenvalue weighted by Gasteiger charge is -2.31. The van der Waals surface area contributed by atoms with E-state index in [1.54, 1.807) is 0 Å². The minimum absolute atomic E-state index is 0.429. The van der Waals surface area contributed by atoms with Gasteiger partial charge < -0.3 is 10.2 Å². The maximum atomic E-state index is 3.53. The molecule has 1 aliphatic carbocycles. The molecule has 1 unspecified atom stereocenters. The molecule has 2 rings (SSSR count). The summed E-state index contributed by atoms with van der Waals surface area (Å²) in [6.45, 7) is 5.51. The van der Waals surface area contributed by atoms with Gasteiger partial charge in [0.25, 0.3) is 0 Å². The Morgan fingerprint density at radius 2 is 1.81 bits per heavy atom. The molecule has 0 heterocycles. The van der Waals surface area contributed by atoms with Crippen LogP contribution in [-0.2, 0) is 0 Å². The molecule has 1 atom stereocenters. The first kappa shape index (κ1) is 16.5. The number of rotatable bonds is 5. The molecule has 0 bridgehead atoms. The highest BCUT2D eigenvalue weighted by atomic mass is 15.1. The number of hydrogen-bond acceptors (Lipinski definition) is 2. The van der Waals surface area contributed by atoms with Gasteiger partial charge in [-0.2, -0.15) is 0 Å². The van der Waals surface area contributed by atoms with E-state index >= 15 is 0 Å². The molecule has 1 fully saturated rings. The zero-order valence-electron chi connectivity index (χ0n) is 14.3. The molecule has 1 aromatic rings. The summed E-state index contributed by atoms with van der Waals surface area (Å²) in [6.07, 6.45) is 8.42. The Morgan fingerprint density at radius 1 is 1.14 bits per heavy atom. The Hall–Kier alpha value is -0.860. The van der Waals surface area contributed by atoms with Crippen molar-refractivity contribution in [2.24, 2.45) is 0 Å². The minimum atomic E-state index is 0.429. The van der Waals surface area contributed by atoms with E-state index in [4.69, 9.17) is 0 Å². The average molecular weight is 288 g/mol. The highest BCUT2D eigenvalue weighted by molar-refractivity contribution is 5.33. The molecular formula is C19H32N2. The number of nitrogens with zero attached hydrogens (tertiary/aromatic N) is 1. The largest absolute Gasteiger partial charge is 0.312 e. The molecule has 0 aliphatic heterocycles. The van der Waals surface area contributed by atoms with Crippen LogP contribution in [0.25, 0.3) is 0 Å². The Morgan fingerprint density at radius 3 is 2.43 bits per heavy atom. The molecule has 1 saturated carbocycles. The van der Waals surface area contributed by atoms with Crippen LogP contribution in [0.1, 0.15) is 61.3 Å². The summed E-state index contributed by atoms with van der Waals surface area (Å²) < 4.78 is 0. The second-order valence-electron chi connectivity index (χ2n) is 6.79. The van der Waals surface area contributed by atoms with Crippen LogP contribution < -0.4 is 5.32 Å². The van der Waals surface area contributed by atoms with Crippen LogP contribution in [0.2, 0.25) is 0 Å². The average Bonchev–Trinajstić information content (AvgIpc) is 2.76. The third kappa shape index (κ3) is 4.55. The molecule has 0 spiro atoms. The molecule has 21 heavy (non-hydrogen) atoms. The zero-order valence-corrected chi connectivity index (χ0v) is 14.3. The molecular weight excluding hydrogens is 256 g/mol. The summed E-state index contributed by atoms with van der Waals surface area (Å²) in [5.41, 5.74) is 4.21. The predicted molar refractivity (Wildman–Crippen MR) is 91.8 cm³/mol. The van der Waals surface area contributed by atoms with Gasteiger partial charge in [0.1, 0.15) is 0 Å². The normalized spacial score (nSPS) is 18.7. The first-order chi connectivity index (χ1) is 10.1. The highest BCUT2D eigenvalue weighted by Crippen LogP contribution is 2.24. The molecule has 2 nitrogen and oxygen atoms in total. The van der Waals surface area contributed by atoms with E-state index in [-0.39, 0.29) is 0 Å². The summed E-state index contributed by atoms with van der Waals surface area (Å²) >= 11 is 0. The van der Waals surface area contributed by atoms with Crippen molar-refractivity contribution in [2.45, 2.75) is 64.5 Å². The molecule has 118 valence electrons. The molecule has 2 heteroatoms. The monoisotopic (exact) mass is 288 g/mol. The van der Waals surface area contributed by atoms with Crippen molar-refractivity contribution in [1.29, 1.82) is 0 Å². The molecule has 1 aliphatic rings. The van der Waals surface area contributed by atoms with Gasteiger partial charge in [-0.25, -0.2) is 0 Å².